The van der Waals surface area contributed by atoms with E-state index in [2.05, 4.69) is 59.0 Å². The van der Waals surface area contributed by atoms with E-state index >= 15 is 0 Å². The lowest BCUT2D eigenvalue weighted by molar-refractivity contribution is 0.263. The molecular formula is C14H19N3. The molecule has 0 aliphatic carbocycles. The Morgan fingerprint density at radius 1 is 1.29 bits per heavy atom. The first-order valence-corrected chi connectivity index (χ1v) is 6.42. The highest BCUT2D eigenvalue weighted by Gasteiger charge is 2.25. The third-order valence-electron chi connectivity index (χ3n) is 3.73. The summed E-state index contributed by atoms with van der Waals surface area (Å²) < 4.78 is 2.16. The molecule has 3 nitrogen and oxygen atoms in total. The first-order chi connectivity index (χ1) is 8.24. The lowest BCUT2D eigenvalue weighted by Gasteiger charge is -2.20. The average Bonchev–Trinajstić information content (AvgIpc) is 2.95. The van der Waals surface area contributed by atoms with Crippen LogP contribution in [0.3, 0.4) is 0 Å². The number of benzene rings is 1. The maximum Gasteiger partial charge on any atom is 0.0923 e. The van der Waals surface area contributed by atoms with Gasteiger partial charge in [-0.15, -0.1) is 0 Å². The van der Waals surface area contributed by atoms with Crippen LogP contribution in [0, 0.1) is 0 Å². The molecule has 90 valence electrons. The first kappa shape index (κ1) is 10.8. The average molecular weight is 229 g/mol. The second kappa shape index (κ2) is 4.15. The SMILES string of the molecule is CC(C)N1CCC(n2cc3ccccc3n2)C1. The van der Waals surface area contributed by atoms with Crippen LogP contribution in [0.15, 0.2) is 30.5 Å². The molecule has 0 bridgehead atoms. The van der Waals surface area contributed by atoms with Crippen LogP contribution in [-0.4, -0.2) is 33.8 Å². The van der Waals surface area contributed by atoms with Gasteiger partial charge in [-0.3, -0.25) is 9.58 Å². The summed E-state index contributed by atoms with van der Waals surface area (Å²) in [5.74, 6) is 0. The first-order valence-electron chi connectivity index (χ1n) is 6.42. The van der Waals surface area contributed by atoms with Gasteiger partial charge in [0.2, 0.25) is 0 Å². The molecular weight excluding hydrogens is 210 g/mol. The van der Waals surface area contributed by atoms with E-state index in [-0.39, 0.29) is 0 Å². The lowest BCUT2D eigenvalue weighted by atomic mass is 10.2. The second-order valence-electron chi connectivity index (χ2n) is 5.20. The summed E-state index contributed by atoms with van der Waals surface area (Å²) in [7, 11) is 0. The molecule has 1 saturated heterocycles. The largest absolute Gasteiger partial charge is 0.299 e. The molecule has 1 aliphatic heterocycles. The van der Waals surface area contributed by atoms with Crippen LogP contribution >= 0.6 is 0 Å². The fourth-order valence-electron chi connectivity index (χ4n) is 2.62. The zero-order valence-electron chi connectivity index (χ0n) is 10.5. The molecule has 2 aromatic rings. The molecule has 1 aliphatic rings. The number of aromatic nitrogens is 2. The zero-order valence-corrected chi connectivity index (χ0v) is 10.5. The number of rotatable bonds is 2. The Hall–Kier alpha value is -1.35. The van der Waals surface area contributed by atoms with Crippen LogP contribution in [0.1, 0.15) is 26.3 Å². The number of hydrogen-bond acceptors (Lipinski definition) is 2. The fraction of sp³-hybridized carbons (Fsp3) is 0.500. The fourth-order valence-corrected chi connectivity index (χ4v) is 2.62. The van der Waals surface area contributed by atoms with Gasteiger partial charge in [-0.2, -0.15) is 5.10 Å². The van der Waals surface area contributed by atoms with Gasteiger partial charge < -0.3 is 0 Å². The minimum atomic E-state index is 0.546. The smallest absolute Gasteiger partial charge is 0.0923 e. The van der Waals surface area contributed by atoms with Crippen LogP contribution in [-0.2, 0) is 0 Å². The van der Waals surface area contributed by atoms with Crippen molar-refractivity contribution in [1.82, 2.24) is 14.7 Å². The highest BCUT2D eigenvalue weighted by Crippen LogP contribution is 2.24. The van der Waals surface area contributed by atoms with Crippen molar-refractivity contribution in [1.29, 1.82) is 0 Å². The molecule has 0 amide bonds. The number of likely N-dealkylation sites (tertiary alicyclic amines) is 1. The molecule has 1 aromatic carbocycles. The second-order valence-corrected chi connectivity index (χ2v) is 5.20. The van der Waals surface area contributed by atoms with E-state index < -0.39 is 0 Å². The van der Waals surface area contributed by atoms with Crippen molar-refractivity contribution in [3.05, 3.63) is 30.5 Å². The Bertz CT molecular complexity index is 482. The lowest BCUT2D eigenvalue weighted by Crippen LogP contribution is -2.28. The van der Waals surface area contributed by atoms with Crippen LogP contribution in [0.2, 0.25) is 0 Å². The van der Waals surface area contributed by atoms with E-state index in [0.29, 0.717) is 12.1 Å². The van der Waals surface area contributed by atoms with E-state index in [9.17, 15) is 0 Å². The third-order valence-corrected chi connectivity index (χ3v) is 3.73. The van der Waals surface area contributed by atoms with E-state index in [4.69, 9.17) is 0 Å². The Morgan fingerprint density at radius 3 is 2.82 bits per heavy atom. The molecule has 1 fully saturated rings. The van der Waals surface area contributed by atoms with E-state index in [1.54, 1.807) is 0 Å². The van der Waals surface area contributed by atoms with Gasteiger partial charge in [0.25, 0.3) is 0 Å². The molecule has 3 heteroatoms. The highest BCUT2D eigenvalue weighted by atomic mass is 15.3. The molecule has 2 heterocycles. The minimum absolute atomic E-state index is 0.546. The quantitative estimate of drug-likeness (QED) is 0.789. The summed E-state index contributed by atoms with van der Waals surface area (Å²) in [6, 6.07) is 9.53. The Balaban J connectivity index is 1.85. The molecule has 3 rings (SSSR count). The van der Waals surface area contributed by atoms with Crippen molar-refractivity contribution < 1.29 is 0 Å². The van der Waals surface area contributed by atoms with Crippen LogP contribution in [0.25, 0.3) is 10.9 Å². The monoisotopic (exact) mass is 229 g/mol. The number of nitrogens with zero attached hydrogens (tertiary/aromatic N) is 3. The molecule has 1 unspecified atom stereocenters. The molecule has 1 aromatic heterocycles. The maximum atomic E-state index is 4.68. The molecule has 1 atom stereocenters. The van der Waals surface area contributed by atoms with Gasteiger partial charge in [0.15, 0.2) is 0 Å². The van der Waals surface area contributed by atoms with Gasteiger partial charge in [-0.05, 0) is 26.3 Å². The van der Waals surface area contributed by atoms with Gasteiger partial charge in [0.05, 0.1) is 11.6 Å². The van der Waals surface area contributed by atoms with Gasteiger partial charge >= 0.3 is 0 Å². The van der Waals surface area contributed by atoms with Crippen molar-refractivity contribution in [3.8, 4) is 0 Å². The zero-order chi connectivity index (χ0) is 11.8. The van der Waals surface area contributed by atoms with Crippen molar-refractivity contribution in [2.24, 2.45) is 0 Å². The van der Waals surface area contributed by atoms with Gasteiger partial charge in [-0.25, -0.2) is 0 Å². The third kappa shape index (κ3) is 1.95. The highest BCUT2D eigenvalue weighted by molar-refractivity contribution is 5.77. The normalized spacial score (nSPS) is 21.7. The number of hydrogen-bond donors (Lipinski definition) is 0. The van der Waals surface area contributed by atoms with E-state index in [0.717, 1.165) is 12.1 Å². The summed E-state index contributed by atoms with van der Waals surface area (Å²) >= 11 is 0. The standard InChI is InChI=1S/C14H19N3/c1-11(2)16-8-7-13(10-16)17-9-12-5-3-4-6-14(12)15-17/h3-6,9,11,13H,7-8,10H2,1-2H3. The molecule has 0 saturated carbocycles. The van der Waals surface area contributed by atoms with Gasteiger partial charge in [0.1, 0.15) is 0 Å². The van der Waals surface area contributed by atoms with Gasteiger partial charge in [-0.1, -0.05) is 18.2 Å². The molecule has 17 heavy (non-hydrogen) atoms. The summed E-state index contributed by atoms with van der Waals surface area (Å²) in [5.41, 5.74) is 1.11. The summed E-state index contributed by atoms with van der Waals surface area (Å²) in [5, 5.41) is 5.92. The summed E-state index contributed by atoms with van der Waals surface area (Å²) in [4.78, 5) is 2.52. The van der Waals surface area contributed by atoms with Crippen molar-refractivity contribution in [3.63, 3.8) is 0 Å². The number of fused-ring (bicyclic) bond motifs is 1. The van der Waals surface area contributed by atoms with Crippen molar-refractivity contribution in [2.75, 3.05) is 13.1 Å². The summed E-state index contributed by atoms with van der Waals surface area (Å²) in [6.45, 7) is 6.86. The molecule has 0 radical (unpaired) electrons. The Labute approximate surface area is 102 Å². The van der Waals surface area contributed by atoms with Crippen LogP contribution in [0.5, 0.6) is 0 Å². The predicted molar refractivity (Wildman–Crippen MR) is 70.1 cm³/mol. The van der Waals surface area contributed by atoms with Crippen molar-refractivity contribution in [2.45, 2.75) is 32.4 Å². The van der Waals surface area contributed by atoms with Gasteiger partial charge in [0, 0.05) is 30.7 Å². The van der Waals surface area contributed by atoms with Crippen LogP contribution in [0.4, 0.5) is 0 Å². The summed E-state index contributed by atoms with van der Waals surface area (Å²) in [6.07, 6.45) is 3.40. The maximum absolute atomic E-state index is 4.68. The van der Waals surface area contributed by atoms with E-state index in [1.165, 1.54) is 18.4 Å². The van der Waals surface area contributed by atoms with E-state index in [1.807, 2.05) is 0 Å². The minimum Gasteiger partial charge on any atom is -0.299 e. The van der Waals surface area contributed by atoms with Crippen LogP contribution < -0.4 is 0 Å². The Kier molecular flexibility index (Phi) is 2.63. The van der Waals surface area contributed by atoms with Crippen molar-refractivity contribution >= 4 is 10.9 Å². The molecule has 0 spiro atoms. The topological polar surface area (TPSA) is 21.1 Å². The molecule has 0 N–H and O–H groups in total. The Morgan fingerprint density at radius 2 is 2.12 bits per heavy atom. The predicted octanol–water partition coefficient (Wildman–Crippen LogP) is 2.69.